The van der Waals surface area contributed by atoms with Crippen molar-refractivity contribution < 1.29 is 17.5 Å². The lowest BCUT2D eigenvalue weighted by Crippen LogP contribution is -2.44. The molecule has 0 aliphatic carbocycles. The van der Waals surface area contributed by atoms with Gasteiger partial charge in [0.2, 0.25) is 5.44 Å². The van der Waals surface area contributed by atoms with Crippen molar-refractivity contribution in [3.8, 4) is 5.75 Å². The monoisotopic (exact) mass is 372 g/mol. The van der Waals surface area contributed by atoms with Gasteiger partial charge in [-0.3, -0.25) is 0 Å². The van der Waals surface area contributed by atoms with Crippen LogP contribution in [0.5, 0.6) is 5.75 Å². The fraction of sp³-hybridized carbons (Fsp3) is 0.250. The normalized spacial score (nSPS) is 18.2. The summed E-state index contributed by atoms with van der Waals surface area (Å²) in [6.07, 6.45) is 0.262. The number of hydrogen-bond acceptors (Lipinski definition) is 4. The Morgan fingerprint density at radius 1 is 1.21 bits per heavy atom. The Morgan fingerprint density at radius 3 is 2.58 bits per heavy atom. The van der Waals surface area contributed by atoms with Gasteiger partial charge in [0, 0.05) is 12.5 Å². The SMILES string of the molecule is CNCC[C@H]1Oc2cc(F)ccc2N(c2ccccc2)S1(=O)=O.Cl. The number of rotatable bonds is 4. The molecule has 1 N–H and O–H groups in total. The summed E-state index contributed by atoms with van der Waals surface area (Å²) in [5.41, 5.74) is -0.249. The fourth-order valence-corrected chi connectivity index (χ4v) is 4.24. The van der Waals surface area contributed by atoms with Crippen LogP contribution < -0.4 is 14.4 Å². The van der Waals surface area contributed by atoms with E-state index in [1.54, 1.807) is 37.4 Å². The van der Waals surface area contributed by atoms with Gasteiger partial charge in [0.25, 0.3) is 10.0 Å². The zero-order valence-corrected chi connectivity index (χ0v) is 14.6. The molecule has 0 spiro atoms. The molecule has 24 heavy (non-hydrogen) atoms. The third-order valence-corrected chi connectivity index (χ3v) is 5.52. The molecule has 1 aliphatic heterocycles. The van der Waals surface area contributed by atoms with Gasteiger partial charge in [-0.2, -0.15) is 0 Å². The summed E-state index contributed by atoms with van der Waals surface area (Å²) in [6.45, 7) is 0.469. The van der Waals surface area contributed by atoms with Gasteiger partial charge in [-0.1, -0.05) is 18.2 Å². The average molecular weight is 373 g/mol. The van der Waals surface area contributed by atoms with Crippen LogP contribution in [0.15, 0.2) is 48.5 Å². The molecular formula is C16H18ClFN2O3S. The second-order valence-corrected chi connectivity index (χ2v) is 7.12. The van der Waals surface area contributed by atoms with Gasteiger partial charge in [0.05, 0.1) is 11.4 Å². The molecule has 0 radical (unpaired) electrons. The number of benzene rings is 2. The smallest absolute Gasteiger partial charge is 0.278 e. The zero-order valence-electron chi connectivity index (χ0n) is 13.0. The van der Waals surface area contributed by atoms with Crippen LogP contribution in [0.4, 0.5) is 15.8 Å². The third-order valence-electron chi connectivity index (χ3n) is 3.61. The molecule has 0 bridgehead atoms. The summed E-state index contributed by atoms with van der Waals surface area (Å²) in [5.74, 6) is -0.242. The predicted molar refractivity (Wildman–Crippen MR) is 94.1 cm³/mol. The summed E-state index contributed by atoms with van der Waals surface area (Å²) in [7, 11) is -2.03. The number of nitrogens with zero attached hydrogens (tertiary/aromatic N) is 1. The van der Waals surface area contributed by atoms with Crippen molar-refractivity contribution in [1.82, 2.24) is 5.32 Å². The Hall–Kier alpha value is -1.83. The third kappa shape index (κ3) is 3.33. The minimum Gasteiger partial charge on any atom is -0.470 e. The molecule has 2 aromatic carbocycles. The van der Waals surface area contributed by atoms with Crippen LogP contribution in [0.25, 0.3) is 0 Å². The topological polar surface area (TPSA) is 58.6 Å². The van der Waals surface area contributed by atoms with E-state index in [0.29, 0.717) is 17.9 Å². The van der Waals surface area contributed by atoms with E-state index in [2.05, 4.69) is 5.32 Å². The van der Waals surface area contributed by atoms with Crippen molar-refractivity contribution >= 4 is 33.8 Å². The van der Waals surface area contributed by atoms with Gasteiger partial charge in [0.1, 0.15) is 11.6 Å². The number of fused-ring (bicyclic) bond motifs is 1. The Kier molecular flexibility index (Phi) is 5.69. The fourth-order valence-electron chi connectivity index (χ4n) is 2.53. The van der Waals surface area contributed by atoms with E-state index in [1.165, 1.54) is 22.5 Å². The summed E-state index contributed by atoms with van der Waals surface area (Å²) in [4.78, 5) is 0. The van der Waals surface area contributed by atoms with E-state index in [4.69, 9.17) is 4.74 Å². The second kappa shape index (κ2) is 7.38. The maximum Gasteiger partial charge on any atom is 0.278 e. The molecule has 1 aliphatic rings. The van der Waals surface area contributed by atoms with Crippen molar-refractivity contribution in [2.45, 2.75) is 11.9 Å². The second-order valence-electron chi connectivity index (χ2n) is 5.20. The van der Waals surface area contributed by atoms with E-state index in [-0.39, 0.29) is 24.6 Å². The molecule has 1 heterocycles. The molecular weight excluding hydrogens is 355 g/mol. The minimum absolute atomic E-state index is 0. The first-order valence-electron chi connectivity index (χ1n) is 7.24. The van der Waals surface area contributed by atoms with Crippen LogP contribution in [0.3, 0.4) is 0 Å². The van der Waals surface area contributed by atoms with Crippen LogP contribution in [0.1, 0.15) is 6.42 Å². The highest BCUT2D eigenvalue weighted by molar-refractivity contribution is 7.93. The number of para-hydroxylation sites is 1. The van der Waals surface area contributed by atoms with Crippen LogP contribution in [0, 0.1) is 5.82 Å². The number of anilines is 2. The largest absolute Gasteiger partial charge is 0.470 e. The quantitative estimate of drug-likeness (QED) is 0.896. The zero-order chi connectivity index (χ0) is 16.4. The van der Waals surface area contributed by atoms with Crippen molar-refractivity contribution in [1.29, 1.82) is 0 Å². The van der Waals surface area contributed by atoms with Gasteiger partial charge in [0.15, 0.2) is 0 Å². The summed E-state index contributed by atoms with van der Waals surface area (Å²) < 4.78 is 46.2. The van der Waals surface area contributed by atoms with Crippen molar-refractivity contribution in [2.75, 3.05) is 17.9 Å². The van der Waals surface area contributed by atoms with E-state index >= 15 is 0 Å². The maximum atomic E-state index is 13.5. The Morgan fingerprint density at radius 2 is 1.92 bits per heavy atom. The summed E-state index contributed by atoms with van der Waals surface area (Å²) in [6, 6.07) is 12.6. The Balaban J connectivity index is 0.00000208. The number of nitrogens with one attached hydrogen (secondary N) is 1. The van der Waals surface area contributed by atoms with E-state index in [1.807, 2.05) is 0 Å². The van der Waals surface area contributed by atoms with E-state index in [9.17, 15) is 12.8 Å². The van der Waals surface area contributed by atoms with Crippen LogP contribution in [0.2, 0.25) is 0 Å². The molecule has 130 valence electrons. The molecule has 0 unspecified atom stereocenters. The molecule has 2 aromatic rings. The summed E-state index contributed by atoms with van der Waals surface area (Å²) >= 11 is 0. The molecule has 0 saturated carbocycles. The first-order chi connectivity index (χ1) is 11.0. The number of halogens is 2. The molecule has 8 heteroatoms. The molecule has 5 nitrogen and oxygen atoms in total. The van der Waals surface area contributed by atoms with Gasteiger partial charge in [-0.25, -0.2) is 17.1 Å². The molecule has 0 saturated heterocycles. The predicted octanol–water partition coefficient (Wildman–Crippen LogP) is 3.04. The van der Waals surface area contributed by atoms with Crippen LogP contribution in [-0.2, 0) is 10.0 Å². The maximum absolute atomic E-state index is 13.5. The highest BCUT2D eigenvalue weighted by Gasteiger charge is 2.40. The van der Waals surface area contributed by atoms with Crippen LogP contribution in [-0.4, -0.2) is 27.4 Å². The molecule has 1 atom stereocenters. The Bertz CT molecular complexity index is 802. The van der Waals surface area contributed by atoms with Crippen LogP contribution >= 0.6 is 12.4 Å². The number of ether oxygens (including phenoxy) is 1. The number of sulfonamides is 1. The highest BCUT2D eigenvalue weighted by atomic mass is 35.5. The van der Waals surface area contributed by atoms with Gasteiger partial charge < -0.3 is 10.1 Å². The van der Waals surface area contributed by atoms with E-state index < -0.39 is 21.3 Å². The van der Waals surface area contributed by atoms with Crippen molar-refractivity contribution in [3.05, 3.63) is 54.3 Å². The number of hydrogen-bond donors (Lipinski definition) is 1. The van der Waals surface area contributed by atoms with Crippen molar-refractivity contribution in [2.24, 2.45) is 0 Å². The lowest BCUT2D eigenvalue weighted by atomic mass is 10.2. The van der Waals surface area contributed by atoms with Gasteiger partial charge in [-0.05, 0) is 37.9 Å². The average Bonchev–Trinajstić information content (AvgIpc) is 2.53. The lowest BCUT2D eigenvalue weighted by Gasteiger charge is -2.35. The highest BCUT2D eigenvalue weighted by Crippen LogP contribution is 2.42. The van der Waals surface area contributed by atoms with Gasteiger partial charge in [-0.15, -0.1) is 12.4 Å². The lowest BCUT2D eigenvalue weighted by molar-refractivity contribution is 0.256. The summed E-state index contributed by atoms with van der Waals surface area (Å²) in [5, 5.41) is 2.91. The van der Waals surface area contributed by atoms with Gasteiger partial charge >= 0.3 is 0 Å². The first-order valence-corrected chi connectivity index (χ1v) is 8.74. The minimum atomic E-state index is -3.77. The molecule has 0 amide bonds. The molecule has 0 fully saturated rings. The van der Waals surface area contributed by atoms with Crippen molar-refractivity contribution in [3.63, 3.8) is 0 Å². The first kappa shape index (κ1) is 18.5. The molecule has 3 rings (SSSR count). The van der Waals surface area contributed by atoms with E-state index in [0.717, 1.165) is 0 Å². The molecule has 0 aromatic heterocycles. The standard InChI is InChI=1S/C16H17FN2O3S.ClH/c1-18-10-9-16-22-15-11-12(17)7-8-14(15)19(23(16,20)21)13-5-3-2-4-6-13;/h2-8,11,16,18H,9-10H2,1H3;1H/t16-;/m0./s1. The Labute approximate surface area is 146 Å².